The minimum absolute atomic E-state index is 0.105. The number of nitrogens with two attached hydrogens (primary N) is 1. The van der Waals surface area contributed by atoms with Gasteiger partial charge in [-0.05, 0) is 18.9 Å². The van der Waals surface area contributed by atoms with E-state index in [2.05, 4.69) is 21.5 Å². The fourth-order valence-corrected chi connectivity index (χ4v) is 2.51. The number of hydrogen-bond acceptors (Lipinski definition) is 5. The zero-order chi connectivity index (χ0) is 14.8. The van der Waals surface area contributed by atoms with Gasteiger partial charge >= 0.3 is 0 Å². The van der Waals surface area contributed by atoms with Crippen molar-refractivity contribution < 1.29 is 13.2 Å². The molecule has 0 saturated heterocycles. The van der Waals surface area contributed by atoms with Crippen molar-refractivity contribution in [2.24, 2.45) is 5.73 Å². The van der Waals surface area contributed by atoms with Crippen LogP contribution in [0.5, 0.6) is 0 Å². The van der Waals surface area contributed by atoms with E-state index in [9.17, 15) is 8.42 Å². The van der Waals surface area contributed by atoms with Crippen molar-refractivity contribution in [2.45, 2.75) is 17.7 Å². The van der Waals surface area contributed by atoms with Crippen molar-refractivity contribution in [2.75, 3.05) is 26.8 Å². The summed E-state index contributed by atoms with van der Waals surface area (Å²) in [5.41, 5.74) is 5.80. The van der Waals surface area contributed by atoms with E-state index in [4.69, 9.17) is 10.5 Å². The van der Waals surface area contributed by atoms with Gasteiger partial charge in [0.1, 0.15) is 4.90 Å². The Labute approximate surface area is 119 Å². The zero-order valence-corrected chi connectivity index (χ0v) is 12.2. The third-order valence-corrected chi connectivity index (χ3v) is 3.85. The van der Waals surface area contributed by atoms with Crippen molar-refractivity contribution >= 4 is 10.0 Å². The molecule has 20 heavy (non-hydrogen) atoms. The molecule has 0 amide bonds. The number of hydrogen-bond donors (Lipinski definition) is 2. The minimum atomic E-state index is -3.55. The number of ether oxygens (including phenoxy) is 1. The first-order chi connectivity index (χ1) is 9.60. The lowest BCUT2D eigenvalue weighted by atomic mass is 10.3. The van der Waals surface area contributed by atoms with Crippen LogP contribution >= 0.6 is 0 Å². The molecule has 0 radical (unpaired) electrons. The first-order valence-electron chi connectivity index (χ1n) is 6.22. The van der Waals surface area contributed by atoms with Crippen molar-refractivity contribution in [1.29, 1.82) is 0 Å². The predicted molar refractivity (Wildman–Crippen MR) is 76.5 cm³/mol. The van der Waals surface area contributed by atoms with E-state index >= 15 is 0 Å². The summed E-state index contributed by atoms with van der Waals surface area (Å²) in [7, 11) is -1.93. The van der Waals surface area contributed by atoms with Crippen molar-refractivity contribution in [3.8, 4) is 11.8 Å². The smallest absolute Gasteiger partial charge is 0.242 e. The maximum Gasteiger partial charge on any atom is 0.242 e. The standard InChI is InChI=1S/C13H19N3O3S/c1-19-8-3-2-7-16-20(17,18)13-9-12(5-4-6-14)10-15-11-13/h9-11,16H,2-3,6-8,14H2,1H3. The van der Waals surface area contributed by atoms with Crippen LogP contribution in [0.1, 0.15) is 18.4 Å². The average molecular weight is 297 g/mol. The molecule has 6 nitrogen and oxygen atoms in total. The molecule has 1 aromatic rings. The number of unbranched alkanes of at least 4 members (excludes halogenated alkanes) is 1. The summed E-state index contributed by atoms with van der Waals surface area (Å²) in [4.78, 5) is 3.98. The van der Waals surface area contributed by atoms with Crippen LogP contribution in [-0.4, -0.2) is 40.2 Å². The first-order valence-corrected chi connectivity index (χ1v) is 7.71. The summed E-state index contributed by atoms with van der Waals surface area (Å²) in [5.74, 6) is 5.41. The fourth-order valence-electron chi connectivity index (χ4n) is 1.45. The van der Waals surface area contributed by atoms with Gasteiger partial charge < -0.3 is 10.5 Å². The molecule has 1 aromatic heterocycles. The van der Waals surface area contributed by atoms with Gasteiger partial charge in [-0.3, -0.25) is 4.98 Å². The Hall–Kier alpha value is -1.46. The van der Waals surface area contributed by atoms with Gasteiger partial charge in [-0.2, -0.15) is 0 Å². The van der Waals surface area contributed by atoms with Crippen LogP contribution in [0.2, 0.25) is 0 Å². The van der Waals surface area contributed by atoms with E-state index < -0.39 is 10.0 Å². The molecular formula is C13H19N3O3S. The highest BCUT2D eigenvalue weighted by Gasteiger charge is 2.13. The number of sulfonamides is 1. The molecule has 110 valence electrons. The van der Waals surface area contributed by atoms with Crippen LogP contribution in [0.15, 0.2) is 23.4 Å². The Bertz CT molecular complexity index is 576. The van der Waals surface area contributed by atoms with Crippen LogP contribution in [0.3, 0.4) is 0 Å². The largest absolute Gasteiger partial charge is 0.385 e. The molecule has 0 bridgehead atoms. The normalized spacial score (nSPS) is 10.9. The van der Waals surface area contributed by atoms with Crippen LogP contribution < -0.4 is 10.5 Å². The minimum Gasteiger partial charge on any atom is -0.385 e. The Balaban J connectivity index is 2.67. The van der Waals surface area contributed by atoms with Gasteiger partial charge in [-0.15, -0.1) is 0 Å². The number of rotatable bonds is 7. The maximum absolute atomic E-state index is 12.0. The highest BCUT2D eigenvalue weighted by atomic mass is 32.2. The molecule has 3 N–H and O–H groups in total. The van der Waals surface area contributed by atoms with Crippen LogP contribution in [0.25, 0.3) is 0 Å². The summed E-state index contributed by atoms with van der Waals surface area (Å²) in [6.07, 6.45) is 4.32. The zero-order valence-electron chi connectivity index (χ0n) is 11.4. The van der Waals surface area contributed by atoms with Crippen LogP contribution in [-0.2, 0) is 14.8 Å². The lowest BCUT2D eigenvalue weighted by Crippen LogP contribution is -2.25. The van der Waals surface area contributed by atoms with Gasteiger partial charge in [0, 0.05) is 38.2 Å². The van der Waals surface area contributed by atoms with Gasteiger partial charge in [-0.25, -0.2) is 13.1 Å². The lowest BCUT2D eigenvalue weighted by Gasteiger charge is -2.06. The van der Waals surface area contributed by atoms with E-state index in [1.54, 1.807) is 7.11 Å². The second-order valence-electron chi connectivity index (χ2n) is 4.01. The Morgan fingerprint density at radius 2 is 2.20 bits per heavy atom. The molecule has 0 saturated carbocycles. The number of pyridine rings is 1. The quantitative estimate of drug-likeness (QED) is 0.550. The van der Waals surface area contributed by atoms with E-state index in [1.807, 2.05) is 0 Å². The maximum atomic E-state index is 12.0. The van der Waals surface area contributed by atoms with E-state index in [-0.39, 0.29) is 11.4 Å². The molecule has 0 atom stereocenters. The molecule has 0 aliphatic rings. The molecule has 0 fully saturated rings. The molecule has 1 heterocycles. The Morgan fingerprint density at radius 3 is 2.90 bits per heavy atom. The SMILES string of the molecule is COCCCCNS(=O)(=O)c1cncc(C#CCN)c1. The van der Waals surface area contributed by atoms with E-state index in [0.717, 1.165) is 6.42 Å². The second-order valence-corrected chi connectivity index (χ2v) is 5.78. The molecule has 0 aliphatic heterocycles. The topological polar surface area (TPSA) is 94.3 Å². The Morgan fingerprint density at radius 1 is 1.40 bits per heavy atom. The number of aromatic nitrogens is 1. The summed E-state index contributed by atoms with van der Waals surface area (Å²) in [6, 6.07) is 1.48. The van der Waals surface area contributed by atoms with Crippen LogP contribution in [0, 0.1) is 11.8 Å². The van der Waals surface area contributed by atoms with E-state index in [0.29, 0.717) is 25.1 Å². The monoisotopic (exact) mass is 297 g/mol. The van der Waals surface area contributed by atoms with Crippen molar-refractivity contribution in [3.05, 3.63) is 24.0 Å². The second kappa shape index (κ2) is 8.66. The van der Waals surface area contributed by atoms with Gasteiger partial charge in [-0.1, -0.05) is 11.8 Å². The molecule has 0 aromatic carbocycles. The molecule has 0 aliphatic carbocycles. The lowest BCUT2D eigenvalue weighted by molar-refractivity contribution is 0.193. The fraction of sp³-hybridized carbons (Fsp3) is 0.462. The number of nitrogens with zero attached hydrogens (tertiary/aromatic N) is 1. The molecule has 1 rings (SSSR count). The Kier molecular flexibility index (Phi) is 7.18. The number of methoxy groups -OCH3 is 1. The van der Waals surface area contributed by atoms with Gasteiger partial charge in [0.25, 0.3) is 0 Å². The highest BCUT2D eigenvalue weighted by Crippen LogP contribution is 2.08. The first kappa shape index (κ1) is 16.6. The van der Waals surface area contributed by atoms with Gasteiger partial charge in [0.2, 0.25) is 10.0 Å². The van der Waals surface area contributed by atoms with Crippen molar-refractivity contribution in [1.82, 2.24) is 9.71 Å². The van der Waals surface area contributed by atoms with Crippen molar-refractivity contribution in [3.63, 3.8) is 0 Å². The molecule has 0 spiro atoms. The van der Waals surface area contributed by atoms with E-state index in [1.165, 1.54) is 18.5 Å². The molecular weight excluding hydrogens is 278 g/mol. The predicted octanol–water partition coefficient (Wildman–Crippen LogP) is 0.0967. The number of nitrogens with one attached hydrogen (secondary N) is 1. The van der Waals surface area contributed by atoms with Gasteiger partial charge in [0.05, 0.1) is 6.54 Å². The summed E-state index contributed by atoms with van der Waals surface area (Å²) < 4.78 is 31.5. The molecule has 7 heteroatoms. The summed E-state index contributed by atoms with van der Waals surface area (Å²) >= 11 is 0. The van der Waals surface area contributed by atoms with Crippen LogP contribution in [0.4, 0.5) is 0 Å². The van der Waals surface area contributed by atoms with Gasteiger partial charge in [0.15, 0.2) is 0 Å². The third kappa shape index (κ3) is 5.67. The summed E-state index contributed by atoms with van der Waals surface area (Å²) in [5, 5.41) is 0. The summed E-state index contributed by atoms with van der Waals surface area (Å²) in [6.45, 7) is 1.20. The average Bonchev–Trinajstić information content (AvgIpc) is 2.45. The third-order valence-electron chi connectivity index (χ3n) is 2.43. The molecule has 0 unspecified atom stereocenters. The highest BCUT2D eigenvalue weighted by molar-refractivity contribution is 7.89.